The third-order valence-corrected chi connectivity index (χ3v) is 8.75. The van der Waals surface area contributed by atoms with E-state index in [1.807, 2.05) is 0 Å². The van der Waals surface area contributed by atoms with Crippen molar-refractivity contribution >= 4 is 78.1 Å². The number of hydrogen-bond acceptors (Lipinski definition) is 9. The standard InChI is InChI=1S/C24H29BrCl2N6O3S/c1-4-32-8-10-33(11-9-32)7-5-6-28-23-22-18(29-13-30-23)14(12-37-22)24(34)31-19-16(26)20(35-2)15(25)21(36-3)17(19)27/h12-13H,4-11H2,1-3H3,(H,31,34)(H,28,29,30). The fourth-order valence-electron chi connectivity index (χ4n) is 4.24. The number of anilines is 2. The van der Waals surface area contributed by atoms with E-state index in [1.165, 1.54) is 31.9 Å². The molecule has 0 bridgehead atoms. The van der Waals surface area contributed by atoms with Crippen molar-refractivity contribution < 1.29 is 14.3 Å². The van der Waals surface area contributed by atoms with E-state index in [4.69, 9.17) is 32.7 Å². The van der Waals surface area contributed by atoms with Crippen LogP contribution in [-0.2, 0) is 0 Å². The molecule has 1 amide bonds. The maximum absolute atomic E-state index is 13.3. The molecule has 1 fully saturated rings. The number of likely N-dealkylation sites (N-methyl/N-ethyl adjacent to an activating group) is 1. The minimum absolute atomic E-state index is 0.154. The number of amides is 1. The number of nitrogens with one attached hydrogen (secondary N) is 2. The number of halogens is 3. The molecule has 1 aliphatic heterocycles. The largest absolute Gasteiger partial charge is 0.494 e. The molecule has 0 saturated carbocycles. The first-order chi connectivity index (χ1) is 17.9. The summed E-state index contributed by atoms with van der Waals surface area (Å²) < 4.78 is 12.0. The summed E-state index contributed by atoms with van der Waals surface area (Å²) in [6.07, 6.45) is 2.46. The van der Waals surface area contributed by atoms with E-state index in [9.17, 15) is 4.79 Å². The number of piperazine rings is 1. The SMILES string of the molecule is CCN1CCN(CCCNc2ncnc3c(C(=O)Nc4c(Cl)c(OC)c(Br)c(OC)c4Cl)csc23)CC1. The van der Waals surface area contributed by atoms with Gasteiger partial charge in [0, 0.05) is 38.1 Å². The molecule has 37 heavy (non-hydrogen) atoms. The Labute approximate surface area is 238 Å². The van der Waals surface area contributed by atoms with Gasteiger partial charge in [-0.2, -0.15) is 0 Å². The number of hydrogen-bond donors (Lipinski definition) is 2. The van der Waals surface area contributed by atoms with E-state index in [-0.39, 0.29) is 15.7 Å². The van der Waals surface area contributed by atoms with E-state index in [0.29, 0.717) is 32.9 Å². The summed E-state index contributed by atoms with van der Waals surface area (Å²) in [5.74, 6) is 0.911. The van der Waals surface area contributed by atoms with Gasteiger partial charge in [0.05, 0.1) is 35.7 Å². The van der Waals surface area contributed by atoms with Crippen molar-refractivity contribution in [3.63, 3.8) is 0 Å². The maximum atomic E-state index is 13.3. The van der Waals surface area contributed by atoms with Crippen molar-refractivity contribution in [2.75, 3.05) is 70.7 Å². The second-order valence-corrected chi connectivity index (χ2v) is 10.9. The lowest BCUT2D eigenvalue weighted by Crippen LogP contribution is -2.46. The molecule has 4 rings (SSSR count). The molecule has 1 aromatic carbocycles. The van der Waals surface area contributed by atoms with Crippen molar-refractivity contribution in [2.45, 2.75) is 13.3 Å². The third-order valence-electron chi connectivity index (χ3n) is 6.34. The average molecular weight is 632 g/mol. The Bertz CT molecular complexity index is 1240. The molecule has 13 heteroatoms. The predicted octanol–water partition coefficient (Wildman–Crippen LogP) is 5.47. The number of ether oxygens (including phenoxy) is 2. The van der Waals surface area contributed by atoms with Crippen molar-refractivity contribution in [2.24, 2.45) is 0 Å². The lowest BCUT2D eigenvalue weighted by Gasteiger charge is -2.33. The Balaban J connectivity index is 1.45. The topological polar surface area (TPSA) is 91.9 Å². The van der Waals surface area contributed by atoms with Gasteiger partial charge in [-0.15, -0.1) is 11.3 Å². The fraction of sp³-hybridized carbons (Fsp3) is 0.458. The zero-order chi connectivity index (χ0) is 26.5. The van der Waals surface area contributed by atoms with Gasteiger partial charge in [0.1, 0.15) is 26.7 Å². The molecule has 1 saturated heterocycles. The number of aromatic nitrogens is 2. The van der Waals surface area contributed by atoms with Crippen LogP contribution in [0.4, 0.5) is 11.5 Å². The monoisotopic (exact) mass is 630 g/mol. The van der Waals surface area contributed by atoms with Crippen LogP contribution in [0.15, 0.2) is 16.2 Å². The molecule has 9 nitrogen and oxygen atoms in total. The Morgan fingerprint density at radius 3 is 2.38 bits per heavy atom. The number of methoxy groups -OCH3 is 2. The van der Waals surface area contributed by atoms with Crippen molar-refractivity contribution in [3.8, 4) is 11.5 Å². The quantitative estimate of drug-likeness (QED) is 0.285. The number of carbonyl (C=O) groups excluding carboxylic acids is 1. The number of fused-ring (bicyclic) bond motifs is 1. The van der Waals surface area contributed by atoms with Crippen molar-refractivity contribution in [3.05, 3.63) is 31.8 Å². The average Bonchev–Trinajstić information content (AvgIpc) is 3.35. The second kappa shape index (κ2) is 12.8. The Morgan fingerprint density at radius 2 is 1.76 bits per heavy atom. The highest BCUT2D eigenvalue weighted by atomic mass is 79.9. The van der Waals surface area contributed by atoms with E-state index >= 15 is 0 Å². The van der Waals surface area contributed by atoms with Crippen molar-refractivity contribution in [1.29, 1.82) is 0 Å². The lowest BCUT2D eigenvalue weighted by molar-refractivity contribution is 0.102. The maximum Gasteiger partial charge on any atom is 0.258 e. The fourth-order valence-corrected chi connectivity index (χ4v) is 6.83. The van der Waals surface area contributed by atoms with Gasteiger partial charge < -0.3 is 29.9 Å². The third kappa shape index (κ3) is 6.07. The molecule has 0 atom stereocenters. The van der Waals surface area contributed by atoms with Gasteiger partial charge in [-0.05, 0) is 35.4 Å². The first kappa shape index (κ1) is 28.1. The molecule has 0 spiro atoms. The van der Waals surface area contributed by atoms with Gasteiger partial charge >= 0.3 is 0 Å². The van der Waals surface area contributed by atoms with Gasteiger partial charge in [0.15, 0.2) is 11.5 Å². The molecular weight excluding hydrogens is 603 g/mol. The summed E-state index contributed by atoms with van der Waals surface area (Å²) >= 11 is 17.8. The number of rotatable bonds is 10. The first-order valence-electron chi connectivity index (χ1n) is 11.9. The number of nitrogens with zero attached hydrogens (tertiary/aromatic N) is 4. The number of benzene rings is 1. The minimum Gasteiger partial charge on any atom is -0.494 e. The van der Waals surface area contributed by atoms with Crippen LogP contribution in [0.2, 0.25) is 10.0 Å². The number of thiophene rings is 1. The van der Waals surface area contributed by atoms with E-state index < -0.39 is 5.91 Å². The van der Waals surface area contributed by atoms with Crippen LogP contribution in [-0.4, -0.2) is 85.7 Å². The van der Waals surface area contributed by atoms with Crippen LogP contribution >= 0.6 is 50.5 Å². The summed E-state index contributed by atoms with van der Waals surface area (Å²) in [6.45, 7) is 9.63. The highest BCUT2D eigenvalue weighted by Crippen LogP contribution is 2.50. The molecule has 2 aromatic heterocycles. The Kier molecular flexibility index (Phi) is 9.71. The minimum atomic E-state index is -0.405. The van der Waals surface area contributed by atoms with Crippen molar-refractivity contribution in [1.82, 2.24) is 19.8 Å². The smallest absolute Gasteiger partial charge is 0.258 e. The molecular formula is C24H29BrCl2N6O3S. The van der Waals surface area contributed by atoms with Gasteiger partial charge in [0.25, 0.3) is 5.91 Å². The molecule has 3 heterocycles. The van der Waals surface area contributed by atoms with E-state index in [1.54, 1.807) is 5.38 Å². The van der Waals surface area contributed by atoms with Crippen LogP contribution in [0.1, 0.15) is 23.7 Å². The van der Waals surface area contributed by atoms with E-state index in [0.717, 1.165) is 56.9 Å². The second-order valence-electron chi connectivity index (χ2n) is 8.44. The molecule has 3 aromatic rings. The van der Waals surface area contributed by atoms with Crippen LogP contribution in [0.25, 0.3) is 10.2 Å². The molecule has 2 N–H and O–H groups in total. The highest BCUT2D eigenvalue weighted by molar-refractivity contribution is 9.10. The molecule has 200 valence electrons. The molecule has 1 aliphatic rings. The van der Waals surface area contributed by atoms with Crippen LogP contribution in [0, 0.1) is 0 Å². The molecule has 0 radical (unpaired) electrons. The summed E-state index contributed by atoms with van der Waals surface area (Å²) in [5.41, 5.74) is 1.14. The van der Waals surface area contributed by atoms with E-state index in [2.05, 4.69) is 53.3 Å². The summed E-state index contributed by atoms with van der Waals surface area (Å²) in [4.78, 5) is 27.0. The normalized spacial score (nSPS) is 14.6. The van der Waals surface area contributed by atoms with Gasteiger partial charge in [-0.1, -0.05) is 30.1 Å². The molecule has 0 aliphatic carbocycles. The summed E-state index contributed by atoms with van der Waals surface area (Å²) in [5, 5.41) is 8.27. The zero-order valence-corrected chi connectivity index (χ0v) is 24.8. The van der Waals surface area contributed by atoms with Crippen LogP contribution < -0.4 is 20.1 Å². The van der Waals surface area contributed by atoms with Gasteiger partial charge in [-0.3, -0.25) is 4.79 Å². The predicted molar refractivity (Wildman–Crippen MR) is 154 cm³/mol. The Hall–Kier alpha value is -1.89. The first-order valence-corrected chi connectivity index (χ1v) is 14.3. The highest BCUT2D eigenvalue weighted by Gasteiger charge is 2.25. The lowest BCUT2D eigenvalue weighted by atomic mass is 10.2. The van der Waals surface area contributed by atoms with Crippen LogP contribution in [0.5, 0.6) is 11.5 Å². The van der Waals surface area contributed by atoms with Gasteiger partial charge in [-0.25, -0.2) is 9.97 Å². The van der Waals surface area contributed by atoms with Crippen LogP contribution in [0.3, 0.4) is 0 Å². The molecule has 0 unspecified atom stereocenters. The zero-order valence-electron chi connectivity index (χ0n) is 20.9. The summed E-state index contributed by atoms with van der Waals surface area (Å²) in [6, 6.07) is 0. The summed E-state index contributed by atoms with van der Waals surface area (Å²) in [7, 11) is 2.93. The number of carbonyl (C=O) groups is 1. The Morgan fingerprint density at radius 1 is 1.11 bits per heavy atom. The van der Waals surface area contributed by atoms with Gasteiger partial charge in [0.2, 0.25) is 0 Å².